The Labute approximate surface area is 155 Å². The summed E-state index contributed by atoms with van der Waals surface area (Å²) in [5, 5.41) is 5.63. The Balaban J connectivity index is 1.82. The van der Waals surface area contributed by atoms with Crippen molar-refractivity contribution in [2.45, 2.75) is 13.3 Å². The summed E-state index contributed by atoms with van der Waals surface area (Å²) in [6, 6.07) is 15.2. The molecule has 3 rings (SSSR count). The fraction of sp³-hybridized carbons (Fsp3) is 0.158. The number of hydrazone groups is 1. The van der Waals surface area contributed by atoms with Crippen LogP contribution in [-0.4, -0.2) is 18.7 Å². The Morgan fingerprint density at radius 3 is 2.56 bits per heavy atom. The van der Waals surface area contributed by atoms with E-state index in [-0.39, 0.29) is 5.91 Å². The lowest BCUT2D eigenvalue weighted by molar-refractivity contribution is 0.0959. The van der Waals surface area contributed by atoms with Crippen LogP contribution in [0, 0.1) is 0 Å². The second-order valence-electron chi connectivity index (χ2n) is 5.32. The second kappa shape index (κ2) is 7.68. The first kappa shape index (κ1) is 17.5. The monoisotopic (exact) mass is 372 g/mol. The fourth-order valence-corrected chi connectivity index (χ4v) is 3.87. The minimum Gasteiger partial charge on any atom is -0.497 e. The molecule has 0 aliphatic carbocycles. The third-order valence-electron chi connectivity index (χ3n) is 3.79. The molecule has 3 aromatic rings. The average molecular weight is 373 g/mol. The van der Waals surface area contributed by atoms with E-state index in [4.69, 9.17) is 16.3 Å². The molecule has 0 radical (unpaired) electrons. The number of nitrogens with zero attached hydrogens (tertiary/aromatic N) is 1. The van der Waals surface area contributed by atoms with Crippen LogP contribution in [0.25, 0.3) is 10.1 Å². The molecule has 0 saturated carbocycles. The maximum Gasteiger partial charge on any atom is 0.283 e. The predicted octanol–water partition coefficient (Wildman–Crippen LogP) is 5.11. The van der Waals surface area contributed by atoms with Gasteiger partial charge in [-0.05, 0) is 42.3 Å². The van der Waals surface area contributed by atoms with E-state index in [0.29, 0.717) is 16.3 Å². The molecule has 0 atom stereocenters. The number of rotatable bonds is 5. The molecule has 0 saturated heterocycles. The molecule has 2 aromatic carbocycles. The van der Waals surface area contributed by atoms with Gasteiger partial charge >= 0.3 is 0 Å². The number of nitrogens with one attached hydrogen (secondary N) is 1. The van der Waals surface area contributed by atoms with E-state index in [1.807, 2.05) is 55.5 Å². The van der Waals surface area contributed by atoms with E-state index in [1.165, 1.54) is 11.3 Å². The zero-order valence-electron chi connectivity index (χ0n) is 13.9. The molecular weight excluding hydrogens is 356 g/mol. The molecule has 0 spiro atoms. The Kier molecular flexibility index (Phi) is 5.36. The molecule has 0 aliphatic rings. The lowest BCUT2D eigenvalue weighted by Gasteiger charge is -2.06. The van der Waals surface area contributed by atoms with Crippen molar-refractivity contribution < 1.29 is 9.53 Å². The molecule has 1 heterocycles. The summed E-state index contributed by atoms with van der Waals surface area (Å²) in [5.74, 6) is 0.478. The smallest absolute Gasteiger partial charge is 0.283 e. The highest BCUT2D eigenvalue weighted by Crippen LogP contribution is 2.34. The van der Waals surface area contributed by atoms with E-state index < -0.39 is 0 Å². The zero-order valence-corrected chi connectivity index (χ0v) is 15.4. The van der Waals surface area contributed by atoms with Crippen LogP contribution in [0.3, 0.4) is 0 Å². The predicted molar refractivity (Wildman–Crippen MR) is 104 cm³/mol. The number of carbonyl (C=O) groups excluding carboxylic acids is 1. The minimum absolute atomic E-state index is 0.300. The number of carbonyl (C=O) groups is 1. The van der Waals surface area contributed by atoms with Gasteiger partial charge in [-0.1, -0.05) is 36.7 Å². The number of benzene rings is 2. The van der Waals surface area contributed by atoms with Crippen molar-refractivity contribution in [2.75, 3.05) is 7.11 Å². The van der Waals surface area contributed by atoms with Crippen LogP contribution in [0.2, 0.25) is 5.02 Å². The number of halogens is 1. The summed E-state index contributed by atoms with van der Waals surface area (Å²) in [4.78, 5) is 12.9. The maximum absolute atomic E-state index is 12.5. The van der Waals surface area contributed by atoms with Crippen molar-refractivity contribution in [3.05, 3.63) is 64.0 Å². The van der Waals surface area contributed by atoms with Gasteiger partial charge in [0.1, 0.15) is 10.6 Å². The highest BCUT2D eigenvalue weighted by Gasteiger charge is 2.16. The molecule has 0 bridgehead atoms. The van der Waals surface area contributed by atoms with Crippen molar-refractivity contribution in [2.24, 2.45) is 5.10 Å². The van der Waals surface area contributed by atoms with Gasteiger partial charge in [-0.15, -0.1) is 11.3 Å². The summed E-state index contributed by atoms with van der Waals surface area (Å²) in [6.07, 6.45) is 0.687. The summed E-state index contributed by atoms with van der Waals surface area (Å²) < 4.78 is 6.14. The van der Waals surface area contributed by atoms with E-state index in [1.54, 1.807) is 7.11 Å². The van der Waals surface area contributed by atoms with Gasteiger partial charge < -0.3 is 4.74 Å². The number of hydrogen-bond donors (Lipinski definition) is 1. The van der Waals surface area contributed by atoms with Crippen LogP contribution in [0.4, 0.5) is 0 Å². The maximum atomic E-state index is 12.5. The SMILES string of the molecule is CCC(=NNC(=O)c1sc2ccccc2c1Cl)c1ccc(OC)cc1. The zero-order chi connectivity index (χ0) is 17.8. The van der Waals surface area contributed by atoms with Gasteiger partial charge in [-0.25, -0.2) is 5.43 Å². The van der Waals surface area contributed by atoms with Crippen LogP contribution < -0.4 is 10.2 Å². The molecule has 1 amide bonds. The number of ether oxygens (including phenoxy) is 1. The van der Waals surface area contributed by atoms with Crippen molar-refractivity contribution in [1.29, 1.82) is 0 Å². The molecule has 128 valence electrons. The highest BCUT2D eigenvalue weighted by molar-refractivity contribution is 7.21. The Morgan fingerprint density at radius 1 is 1.20 bits per heavy atom. The lowest BCUT2D eigenvalue weighted by Crippen LogP contribution is -2.19. The molecule has 1 N–H and O–H groups in total. The topological polar surface area (TPSA) is 50.7 Å². The normalized spacial score (nSPS) is 11.6. The molecule has 25 heavy (non-hydrogen) atoms. The lowest BCUT2D eigenvalue weighted by atomic mass is 10.1. The van der Waals surface area contributed by atoms with Gasteiger partial charge in [0.15, 0.2) is 0 Å². The van der Waals surface area contributed by atoms with Gasteiger partial charge in [0.25, 0.3) is 5.91 Å². The molecule has 0 unspecified atom stereocenters. The van der Waals surface area contributed by atoms with E-state index >= 15 is 0 Å². The molecule has 6 heteroatoms. The van der Waals surface area contributed by atoms with Crippen LogP contribution in [0.15, 0.2) is 53.6 Å². The third kappa shape index (κ3) is 3.67. The van der Waals surface area contributed by atoms with E-state index in [2.05, 4.69) is 10.5 Å². The molecule has 0 fully saturated rings. The van der Waals surface area contributed by atoms with Gasteiger partial charge in [0.05, 0.1) is 17.8 Å². The molecular formula is C19H17ClN2O2S. The summed E-state index contributed by atoms with van der Waals surface area (Å²) in [6.45, 7) is 1.99. The number of fused-ring (bicyclic) bond motifs is 1. The largest absolute Gasteiger partial charge is 0.497 e. The van der Waals surface area contributed by atoms with Crippen LogP contribution in [0.5, 0.6) is 5.75 Å². The van der Waals surface area contributed by atoms with Crippen molar-refractivity contribution in [3.8, 4) is 5.75 Å². The molecule has 0 aliphatic heterocycles. The Morgan fingerprint density at radius 2 is 1.92 bits per heavy atom. The first-order valence-electron chi connectivity index (χ1n) is 7.82. The number of thiophene rings is 1. The minimum atomic E-state index is -0.300. The van der Waals surface area contributed by atoms with Gasteiger partial charge in [0.2, 0.25) is 0 Å². The Hall–Kier alpha value is -2.37. The number of hydrogen-bond acceptors (Lipinski definition) is 4. The Bertz CT molecular complexity index is 932. The van der Waals surface area contributed by atoms with Crippen molar-refractivity contribution in [1.82, 2.24) is 5.43 Å². The standard InChI is InChI=1S/C19H17ClN2O2S/c1-3-15(12-8-10-13(24-2)11-9-12)21-22-19(23)18-17(20)14-6-4-5-7-16(14)25-18/h4-11H,3H2,1-2H3,(H,22,23). The summed E-state index contributed by atoms with van der Waals surface area (Å²) >= 11 is 7.70. The third-order valence-corrected chi connectivity index (χ3v) is 5.47. The quantitative estimate of drug-likeness (QED) is 0.500. The fourth-order valence-electron chi connectivity index (χ4n) is 2.46. The van der Waals surface area contributed by atoms with Gasteiger partial charge in [-0.3, -0.25) is 4.79 Å². The van der Waals surface area contributed by atoms with E-state index in [0.717, 1.165) is 27.1 Å². The number of amides is 1. The highest BCUT2D eigenvalue weighted by atomic mass is 35.5. The van der Waals surface area contributed by atoms with Crippen LogP contribution in [0.1, 0.15) is 28.6 Å². The summed E-state index contributed by atoms with van der Waals surface area (Å²) in [7, 11) is 1.62. The average Bonchev–Trinajstić information content (AvgIpc) is 3.00. The molecule has 4 nitrogen and oxygen atoms in total. The summed E-state index contributed by atoms with van der Waals surface area (Å²) in [5.41, 5.74) is 4.34. The number of methoxy groups -OCH3 is 1. The first-order chi connectivity index (χ1) is 12.1. The van der Waals surface area contributed by atoms with E-state index in [9.17, 15) is 4.79 Å². The van der Waals surface area contributed by atoms with Crippen molar-refractivity contribution in [3.63, 3.8) is 0 Å². The van der Waals surface area contributed by atoms with Crippen LogP contribution in [-0.2, 0) is 0 Å². The molecule has 1 aromatic heterocycles. The van der Waals surface area contributed by atoms with Crippen LogP contribution >= 0.6 is 22.9 Å². The van der Waals surface area contributed by atoms with Crippen molar-refractivity contribution >= 4 is 44.6 Å². The first-order valence-corrected chi connectivity index (χ1v) is 9.01. The van der Waals surface area contributed by atoms with Gasteiger partial charge in [-0.2, -0.15) is 5.10 Å². The second-order valence-corrected chi connectivity index (χ2v) is 6.75. The van der Waals surface area contributed by atoms with Gasteiger partial charge in [0, 0.05) is 10.1 Å².